The van der Waals surface area contributed by atoms with Crippen LogP contribution in [-0.4, -0.2) is 0 Å². The fraction of sp³-hybridized carbons (Fsp3) is 0.150. The predicted octanol–water partition coefficient (Wildman–Crippen LogP) is 10.9. The van der Waals surface area contributed by atoms with Gasteiger partial charge in [-0.05, 0) is 85.6 Å². The quantitative estimate of drug-likeness (QED) is 0.216. The van der Waals surface area contributed by atoms with Crippen molar-refractivity contribution in [3.05, 3.63) is 150 Å². The molecule has 0 radical (unpaired) electrons. The van der Waals surface area contributed by atoms with E-state index in [4.69, 9.17) is 0 Å². The van der Waals surface area contributed by atoms with Crippen LogP contribution in [0.4, 0.5) is 17.1 Å². The van der Waals surface area contributed by atoms with Crippen LogP contribution in [0.2, 0.25) is 0 Å². The molecule has 0 bridgehead atoms. The second-order valence-corrected chi connectivity index (χ2v) is 12.6. The molecule has 0 aromatic heterocycles. The van der Waals surface area contributed by atoms with Crippen LogP contribution in [0.15, 0.2) is 127 Å². The first-order valence-corrected chi connectivity index (χ1v) is 14.6. The maximum Gasteiger partial charge on any atom is 0.0506 e. The Bertz CT molecular complexity index is 1990. The molecule has 41 heavy (non-hydrogen) atoms. The summed E-state index contributed by atoms with van der Waals surface area (Å²) < 4.78 is 0. The normalized spacial score (nSPS) is 15.7. The zero-order valence-electron chi connectivity index (χ0n) is 24.1. The summed E-state index contributed by atoms with van der Waals surface area (Å²) in [6, 6.07) is 47.2. The van der Waals surface area contributed by atoms with Gasteiger partial charge in [-0.2, -0.15) is 0 Å². The molecule has 8 rings (SSSR count). The SMILES string of the molecule is CC1(C)c2ccccc2-c2cc3c(cc21)N(c1ccc(-c2cccc4ccccc24)cc1)c1ccccc1C3(C)C. The molecule has 0 saturated heterocycles. The lowest BCUT2D eigenvalue weighted by Crippen LogP contribution is -2.31. The lowest BCUT2D eigenvalue weighted by Gasteiger charge is -2.43. The molecule has 2 aliphatic rings. The van der Waals surface area contributed by atoms with Crippen LogP contribution in [0.3, 0.4) is 0 Å². The van der Waals surface area contributed by atoms with Crippen LogP contribution < -0.4 is 4.90 Å². The van der Waals surface area contributed by atoms with Gasteiger partial charge in [0, 0.05) is 16.5 Å². The largest absolute Gasteiger partial charge is 0.310 e. The monoisotopic (exact) mass is 527 g/mol. The van der Waals surface area contributed by atoms with Crippen molar-refractivity contribution in [1.29, 1.82) is 0 Å². The average Bonchev–Trinajstić information content (AvgIpc) is 3.23. The second kappa shape index (κ2) is 8.44. The Hall–Kier alpha value is -4.62. The summed E-state index contributed by atoms with van der Waals surface area (Å²) >= 11 is 0. The fourth-order valence-corrected chi connectivity index (χ4v) is 7.44. The molecule has 1 aliphatic heterocycles. The number of rotatable bonds is 2. The van der Waals surface area contributed by atoms with E-state index in [1.807, 2.05) is 0 Å². The zero-order chi connectivity index (χ0) is 27.9. The molecule has 0 unspecified atom stereocenters. The number of nitrogens with zero attached hydrogens (tertiary/aromatic N) is 1. The maximum atomic E-state index is 2.49. The minimum absolute atomic E-state index is 0.0496. The number of anilines is 3. The van der Waals surface area contributed by atoms with Gasteiger partial charge in [-0.3, -0.25) is 0 Å². The van der Waals surface area contributed by atoms with Gasteiger partial charge in [-0.1, -0.05) is 125 Å². The molecule has 0 atom stereocenters. The highest BCUT2D eigenvalue weighted by Crippen LogP contribution is 2.57. The lowest BCUT2D eigenvalue weighted by molar-refractivity contribution is 0.627. The van der Waals surface area contributed by atoms with Gasteiger partial charge in [0.15, 0.2) is 0 Å². The van der Waals surface area contributed by atoms with Gasteiger partial charge in [0.05, 0.1) is 11.4 Å². The maximum absolute atomic E-state index is 2.49. The minimum atomic E-state index is -0.123. The van der Waals surface area contributed by atoms with E-state index in [2.05, 4.69) is 160 Å². The van der Waals surface area contributed by atoms with Crippen LogP contribution in [-0.2, 0) is 10.8 Å². The summed E-state index contributed by atoms with van der Waals surface area (Å²) in [6.45, 7) is 9.50. The Labute approximate surface area is 242 Å². The summed E-state index contributed by atoms with van der Waals surface area (Å²) in [6.07, 6.45) is 0. The van der Waals surface area contributed by atoms with Gasteiger partial charge < -0.3 is 4.90 Å². The van der Waals surface area contributed by atoms with Gasteiger partial charge in [0.25, 0.3) is 0 Å². The molecule has 0 N–H and O–H groups in total. The molecule has 1 aliphatic carbocycles. The Morgan fingerprint density at radius 3 is 1.90 bits per heavy atom. The third-order valence-electron chi connectivity index (χ3n) is 9.66. The first-order valence-electron chi connectivity index (χ1n) is 14.6. The molecule has 6 aromatic rings. The Morgan fingerprint density at radius 2 is 1.07 bits per heavy atom. The Balaban J connectivity index is 1.33. The van der Waals surface area contributed by atoms with E-state index >= 15 is 0 Å². The molecule has 1 heteroatoms. The molecule has 1 nitrogen and oxygen atoms in total. The first-order chi connectivity index (χ1) is 19.9. The number of hydrogen-bond acceptors (Lipinski definition) is 1. The summed E-state index contributed by atoms with van der Waals surface area (Å²) in [7, 11) is 0. The van der Waals surface area contributed by atoms with Crippen molar-refractivity contribution >= 4 is 27.8 Å². The van der Waals surface area contributed by atoms with Crippen LogP contribution in [0, 0.1) is 0 Å². The second-order valence-electron chi connectivity index (χ2n) is 12.6. The molecule has 0 spiro atoms. The summed E-state index contributed by atoms with van der Waals surface area (Å²) in [5.74, 6) is 0. The number of benzene rings is 6. The number of para-hydroxylation sites is 1. The topological polar surface area (TPSA) is 3.24 Å². The number of hydrogen-bond donors (Lipinski definition) is 0. The Kier molecular flexibility index (Phi) is 4.98. The van der Waals surface area contributed by atoms with E-state index in [1.165, 1.54) is 72.3 Å². The molecule has 0 fully saturated rings. The molecule has 1 heterocycles. The van der Waals surface area contributed by atoms with Crippen LogP contribution in [0.1, 0.15) is 49.9 Å². The van der Waals surface area contributed by atoms with Gasteiger partial charge >= 0.3 is 0 Å². The van der Waals surface area contributed by atoms with E-state index in [9.17, 15) is 0 Å². The van der Waals surface area contributed by atoms with E-state index < -0.39 is 0 Å². The average molecular weight is 528 g/mol. The lowest BCUT2D eigenvalue weighted by atomic mass is 9.72. The predicted molar refractivity (Wildman–Crippen MR) is 174 cm³/mol. The van der Waals surface area contributed by atoms with E-state index in [1.54, 1.807) is 0 Å². The van der Waals surface area contributed by atoms with Crippen molar-refractivity contribution in [2.24, 2.45) is 0 Å². The Morgan fingerprint density at radius 1 is 0.439 bits per heavy atom. The van der Waals surface area contributed by atoms with Crippen LogP contribution in [0.25, 0.3) is 33.0 Å². The van der Waals surface area contributed by atoms with Crippen molar-refractivity contribution in [2.45, 2.75) is 38.5 Å². The summed E-state index contributed by atoms with van der Waals surface area (Å²) in [4.78, 5) is 2.49. The van der Waals surface area contributed by atoms with Gasteiger partial charge in [0.1, 0.15) is 0 Å². The van der Waals surface area contributed by atoms with Crippen molar-refractivity contribution < 1.29 is 0 Å². The van der Waals surface area contributed by atoms with Gasteiger partial charge in [-0.15, -0.1) is 0 Å². The number of fused-ring (bicyclic) bond motifs is 6. The zero-order valence-corrected chi connectivity index (χ0v) is 24.1. The van der Waals surface area contributed by atoms with Crippen molar-refractivity contribution in [3.8, 4) is 22.3 Å². The smallest absolute Gasteiger partial charge is 0.0506 e. The van der Waals surface area contributed by atoms with E-state index in [0.717, 1.165) is 0 Å². The highest BCUT2D eigenvalue weighted by atomic mass is 15.2. The third kappa shape index (κ3) is 3.36. The standard InChI is InChI=1S/C40H33N/c1-39(2)33-17-8-7-15-31(33)32-24-36-38(25-35(32)39)41(37-19-10-9-18-34(37)40(36,3)4)28-22-20-27(21-23-28)30-16-11-13-26-12-5-6-14-29(26)30/h5-25H,1-4H3. The molecule has 198 valence electrons. The molecule has 6 aromatic carbocycles. The van der Waals surface area contributed by atoms with E-state index in [-0.39, 0.29) is 10.8 Å². The van der Waals surface area contributed by atoms with Gasteiger partial charge in [-0.25, -0.2) is 0 Å². The minimum Gasteiger partial charge on any atom is -0.310 e. The molecule has 0 amide bonds. The van der Waals surface area contributed by atoms with Gasteiger partial charge in [0.2, 0.25) is 0 Å². The highest BCUT2D eigenvalue weighted by Gasteiger charge is 2.42. The van der Waals surface area contributed by atoms with Crippen molar-refractivity contribution in [3.63, 3.8) is 0 Å². The molecular weight excluding hydrogens is 494 g/mol. The first kappa shape index (κ1) is 24.2. The molecule has 0 saturated carbocycles. The third-order valence-corrected chi connectivity index (χ3v) is 9.66. The summed E-state index contributed by atoms with van der Waals surface area (Å²) in [5, 5.41) is 2.56. The van der Waals surface area contributed by atoms with Crippen molar-refractivity contribution in [1.82, 2.24) is 0 Å². The van der Waals surface area contributed by atoms with Crippen molar-refractivity contribution in [2.75, 3.05) is 4.90 Å². The van der Waals surface area contributed by atoms with E-state index in [0.29, 0.717) is 0 Å². The van der Waals surface area contributed by atoms with Crippen LogP contribution in [0.5, 0.6) is 0 Å². The summed E-state index contributed by atoms with van der Waals surface area (Å²) in [5.41, 5.74) is 14.4. The van der Waals surface area contributed by atoms with Crippen LogP contribution >= 0.6 is 0 Å². The fourth-order valence-electron chi connectivity index (χ4n) is 7.44. The molecular formula is C40H33N. The highest BCUT2D eigenvalue weighted by molar-refractivity contribution is 5.97.